The quantitative estimate of drug-likeness (QED) is 0.829. The van der Waals surface area contributed by atoms with E-state index < -0.39 is 0 Å². The molecule has 2 heterocycles. The Morgan fingerprint density at radius 3 is 2.38 bits per heavy atom. The molecule has 0 spiro atoms. The Morgan fingerprint density at radius 2 is 1.86 bits per heavy atom. The van der Waals surface area contributed by atoms with Crippen LogP contribution in [0.5, 0.6) is 0 Å². The van der Waals surface area contributed by atoms with Crippen molar-refractivity contribution in [2.75, 3.05) is 6.54 Å². The van der Waals surface area contributed by atoms with E-state index >= 15 is 0 Å². The maximum Gasteiger partial charge on any atom is 0.180 e. The van der Waals surface area contributed by atoms with Crippen molar-refractivity contribution in [3.05, 3.63) is 29.2 Å². The number of nitrogens with one attached hydrogen (secondary N) is 1. The molecule has 114 valence electrons. The van der Waals surface area contributed by atoms with Crippen molar-refractivity contribution in [3.8, 4) is 11.5 Å². The zero-order valence-electron chi connectivity index (χ0n) is 13.6. The van der Waals surface area contributed by atoms with Crippen molar-refractivity contribution >= 4 is 0 Å². The Kier molecular flexibility index (Phi) is 5.07. The molecule has 0 aromatic carbocycles. The lowest BCUT2D eigenvalue weighted by atomic mass is 10.1. The van der Waals surface area contributed by atoms with Crippen molar-refractivity contribution in [1.29, 1.82) is 0 Å². The van der Waals surface area contributed by atoms with Gasteiger partial charge in [0.15, 0.2) is 5.82 Å². The second-order valence-corrected chi connectivity index (χ2v) is 5.78. The van der Waals surface area contributed by atoms with E-state index in [1.54, 1.807) is 4.68 Å². The molecule has 0 aliphatic rings. The number of nitrogens with zero attached hydrogens (tertiary/aromatic N) is 4. The molecular formula is C16H25N5. The van der Waals surface area contributed by atoms with E-state index in [4.69, 9.17) is 0 Å². The molecule has 0 unspecified atom stereocenters. The number of rotatable bonds is 6. The summed E-state index contributed by atoms with van der Waals surface area (Å²) in [5.41, 5.74) is 4.22. The second-order valence-electron chi connectivity index (χ2n) is 5.78. The topological polar surface area (TPSA) is 55.6 Å². The van der Waals surface area contributed by atoms with Gasteiger partial charge in [-0.1, -0.05) is 13.8 Å². The molecule has 0 aliphatic heterocycles. The minimum absolute atomic E-state index is 0.537. The van der Waals surface area contributed by atoms with Crippen LogP contribution in [0.15, 0.2) is 12.3 Å². The first kappa shape index (κ1) is 15.6. The molecule has 5 heteroatoms. The van der Waals surface area contributed by atoms with E-state index in [0.29, 0.717) is 6.04 Å². The Hall–Kier alpha value is -1.75. The SMILES string of the molecule is Cc1nc(-c2ccn(C)n2)nc(C)c1CCCNC(C)C. The van der Waals surface area contributed by atoms with E-state index in [2.05, 4.69) is 48.1 Å². The molecule has 0 saturated carbocycles. The van der Waals surface area contributed by atoms with Crippen molar-refractivity contribution in [2.45, 2.75) is 46.6 Å². The summed E-state index contributed by atoms with van der Waals surface area (Å²) in [4.78, 5) is 9.25. The average molecular weight is 287 g/mol. The number of aryl methyl sites for hydroxylation is 3. The minimum Gasteiger partial charge on any atom is -0.315 e. The summed E-state index contributed by atoms with van der Waals surface area (Å²) in [7, 11) is 1.90. The Balaban J connectivity index is 2.10. The lowest BCUT2D eigenvalue weighted by molar-refractivity contribution is 0.569. The molecule has 0 aliphatic carbocycles. The van der Waals surface area contributed by atoms with Crippen molar-refractivity contribution in [1.82, 2.24) is 25.1 Å². The highest BCUT2D eigenvalue weighted by atomic mass is 15.3. The van der Waals surface area contributed by atoms with Gasteiger partial charge in [0.25, 0.3) is 0 Å². The lowest BCUT2D eigenvalue weighted by Crippen LogP contribution is -2.24. The molecule has 0 bridgehead atoms. The van der Waals surface area contributed by atoms with Gasteiger partial charge in [-0.15, -0.1) is 0 Å². The van der Waals surface area contributed by atoms with Crippen LogP contribution in [0.1, 0.15) is 37.2 Å². The first-order chi connectivity index (χ1) is 9.97. The Labute approximate surface area is 126 Å². The molecule has 2 rings (SSSR count). The molecule has 0 radical (unpaired) electrons. The van der Waals surface area contributed by atoms with Crippen LogP contribution in [0, 0.1) is 13.8 Å². The fourth-order valence-corrected chi connectivity index (χ4v) is 2.41. The van der Waals surface area contributed by atoms with Gasteiger partial charge in [-0.2, -0.15) is 5.10 Å². The number of hydrogen-bond acceptors (Lipinski definition) is 4. The summed E-state index contributed by atoms with van der Waals surface area (Å²) in [6.45, 7) is 9.49. The summed E-state index contributed by atoms with van der Waals surface area (Å²) in [5.74, 6) is 0.717. The molecule has 21 heavy (non-hydrogen) atoms. The third-order valence-electron chi connectivity index (χ3n) is 3.52. The van der Waals surface area contributed by atoms with Crippen molar-refractivity contribution in [2.24, 2.45) is 7.05 Å². The highest BCUT2D eigenvalue weighted by Crippen LogP contribution is 2.18. The molecule has 1 N–H and O–H groups in total. The normalized spacial score (nSPS) is 11.3. The van der Waals surface area contributed by atoms with Gasteiger partial charge in [0.2, 0.25) is 0 Å². The predicted octanol–water partition coefficient (Wildman–Crippen LogP) is 2.42. The average Bonchev–Trinajstić information content (AvgIpc) is 2.83. The molecule has 0 fully saturated rings. The van der Waals surface area contributed by atoms with Gasteiger partial charge in [-0.3, -0.25) is 4.68 Å². The van der Waals surface area contributed by atoms with Gasteiger partial charge < -0.3 is 5.32 Å². The van der Waals surface area contributed by atoms with Gasteiger partial charge in [-0.25, -0.2) is 9.97 Å². The van der Waals surface area contributed by atoms with E-state index in [1.165, 1.54) is 5.56 Å². The van der Waals surface area contributed by atoms with E-state index in [-0.39, 0.29) is 0 Å². The molecule has 0 atom stereocenters. The standard InChI is InChI=1S/C16H25N5/c1-11(2)17-9-6-7-14-12(3)18-16(19-13(14)4)15-8-10-21(5)20-15/h8,10-11,17H,6-7,9H2,1-5H3. The summed E-state index contributed by atoms with van der Waals surface area (Å²) in [6, 6.07) is 2.48. The largest absolute Gasteiger partial charge is 0.315 e. The molecular weight excluding hydrogens is 262 g/mol. The van der Waals surface area contributed by atoms with Crippen molar-refractivity contribution < 1.29 is 0 Å². The van der Waals surface area contributed by atoms with Crippen LogP contribution in [-0.2, 0) is 13.5 Å². The van der Waals surface area contributed by atoms with E-state index in [0.717, 1.165) is 42.3 Å². The zero-order chi connectivity index (χ0) is 15.4. The highest BCUT2D eigenvalue weighted by Gasteiger charge is 2.11. The van der Waals surface area contributed by atoms with Crippen LogP contribution < -0.4 is 5.32 Å². The van der Waals surface area contributed by atoms with E-state index in [1.807, 2.05) is 19.3 Å². The Bertz CT molecular complexity index is 577. The zero-order valence-corrected chi connectivity index (χ0v) is 13.6. The third-order valence-corrected chi connectivity index (χ3v) is 3.52. The summed E-state index contributed by atoms with van der Waals surface area (Å²) >= 11 is 0. The first-order valence-corrected chi connectivity index (χ1v) is 7.55. The minimum atomic E-state index is 0.537. The summed E-state index contributed by atoms with van der Waals surface area (Å²) in [6.07, 6.45) is 4.03. The maximum atomic E-state index is 4.62. The molecule has 0 saturated heterocycles. The van der Waals surface area contributed by atoms with Crippen molar-refractivity contribution in [3.63, 3.8) is 0 Å². The molecule has 2 aromatic rings. The van der Waals surface area contributed by atoms with Gasteiger partial charge >= 0.3 is 0 Å². The number of aromatic nitrogens is 4. The summed E-state index contributed by atoms with van der Waals surface area (Å²) < 4.78 is 1.77. The second kappa shape index (κ2) is 6.80. The first-order valence-electron chi connectivity index (χ1n) is 7.55. The van der Waals surface area contributed by atoms with Crippen LogP contribution >= 0.6 is 0 Å². The summed E-state index contributed by atoms with van der Waals surface area (Å²) in [5, 5.41) is 7.81. The number of hydrogen-bond donors (Lipinski definition) is 1. The van der Waals surface area contributed by atoms with Gasteiger partial charge in [0.1, 0.15) is 5.69 Å². The fraction of sp³-hybridized carbons (Fsp3) is 0.562. The van der Waals surface area contributed by atoms with Gasteiger partial charge in [0, 0.05) is 30.7 Å². The predicted molar refractivity (Wildman–Crippen MR) is 85.2 cm³/mol. The van der Waals surface area contributed by atoms with Crippen LogP contribution in [-0.4, -0.2) is 32.3 Å². The monoisotopic (exact) mass is 287 g/mol. The lowest BCUT2D eigenvalue weighted by Gasteiger charge is -2.11. The third kappa shape index (κ3) is 4.11. The van der Waals surface area contributed by atoms with Crippen LogP contribution in [0.2, 0.25) is 0 Å². The van der Waals surface area contributed by atoms with Crippen LogP contribution in [0.4, 0.5) is 0 Å². The van der Waals surface area contributed by atoms with Gasteiger partial charge in [-0.05, 0) is 44.9 Å². The van der Waals surface area contributed by atoms with Crippen LogP contribution in [0.3, 0.4) is 0 Å². The smallest absolute Gasteiger partial charge is 0.180 e. The maximum absolute atomic E-state index is 4.62. The van der Waals surface area contributed by atoms with Crippen LogP contribution in [0.25, 0.3) is 11.5 Å². The Morgan fingerprint density at radius 1 is 1.19 bits per heavy atom. The fourth-order valence-electron chi connectivity index (χ4n) is 2.41. The molecule has 0 amide bonds. The van der Waals surface area contributed by atoms with E-state index in [9.17, 15) is 0 Å². The molecule has 2 aromatic heterocycles. The highest BCUT2D eigenvalue weighted by molar-refractivity contribution is 5.49. The molecule has 5 nitrogen and oxygen atoms in total. The van der Waals surface area contributed by atoms with Gasteiger partial charge in [0.05, 0.1) is 0 Å².